The first-order valence-electron chi connectivity index (χ1n) is 7.70. The number of aryl methyl sites for hydroxylation is 1. The van der Waals surface area contributed by atoms with Crippen molar-refractivity contribution in [3.63, 3.8) is 0 Å². The zero-order valence-corrected chi connectivity index (χ0v) is 12.7. The molecule has 1 fully saturated rings. The number of hydrogen-bond donors (Lipinski definition) is 1. The summed E-state index contributed by atoms with van der Waals surface area (Å²) in [6, 6.07) is 0.0548. The quantitative estimate of drug-likeness (QED) is 0.896. The van der Waals surface area contributed by atoms with Crippen molar-refractivity contribution in [2.24, 2.45) is 18.9 Å². The van der Waals surface area contributed by atoms with E-state index in [2.05, 4.69) is 17.2 Å². The molecule has 1 aromatic rings. The lowest BCUT2D eigenvalue weighted by Crippen LogP contribution is -2.35. The second-order valence-electron chi connectivity index (χ2n) is 5.98. The number of hydrogen-bond acceptors (Lipinski definition) is 2. The minimum Gasteiger partial charge on any atom is -0.337 e. The Hall–Kier alpha value is -1.04. The van der Waals surface area contributed by atoms with Crippen LogP contribution in [0.1, 0.15) is 50.9 Å². The van der Waals surface area contributed by atoms with Gasteiger partial charge in [0.05, 0.1) is 12.0 Å². The van der Waals surface area contributed by atoms with Crippen LogP contribution >= 0.6 is 0 Å². The monoisotopic (exact) mass is 303 g/mol. The fraction of sp³-hybridized carbons (Fsp3) is 0.800. The molecule has 0 radical (unpaired) electrons. The molecule has 0 aliphatic heterocycles. The first-order valence-corrected chi connectivity index (χ1v) is 7.70. The van der Waals surface area contributed by atoms with Crippen molar-refractivity contribution in [1.82, 2.24) is 14.9 Å². The van der Waals surface area contributed by atoms with Crippen LogP contribution in [0.15, 0.2) is 12.4 Å². The molecule has 0 amide bonds. The van der Waals surface area contributed by atoms with Gasteiger partial charge in [-0.05, 0) is 44.6 Å². The Morgan fingerprint density at radius 3 is 2.48 bits per heavy atom. The summed E-state index contributed by atoms with van der Waals surface area (Å²) in [5.74, 6) is 0.0390. The van der Waals surface area contributed by atoms with Crippen molar-refractivity contribution >= 4 is 0 Å². The minimum atomic E-state index is -4.04. The predicted octanol–water partition coefficient (Wildman–Crippen LogP) is 3.83. The van der Waals surface area contributed by atoms with Gasteiger partial charge in [-0.15, -0.1) is 0 Å². The molecular formula is C15H24F3N3. The number of nitrogens with one attached hydrogen (secondary N) is 1. The lowest BCUT2D eigenvalue weighted by atomic mass is 9.78. The third-order valence-electron chi connectivity index (χ3n) is 4.46. The molecule has 6 heteroatoms. The van der Waals surface area contributed by atoms with Crippen molar-refractivity contribution in [3.8, 4) is 0 Å². The largest absolute Gasteiger partial charge is 0.391 e. The highest BCUT2D eigenvalue weighted by Gasteiger charge is 2.42. The molecule has 0 saturated heterocycles. The third-order valence-corrected chi connectivity index (χ3v) is 4.46. The van der Waals surface area contributed by atoms with E-state index in [1.165, 1.54) is 0 Å². The molecule has 0 aromatic carbocycles. The van der Waals surface area contributed by atoms with Crippen molar-refractivity contribution in [1.29, 1.82) is 0 Å². The van der Waals surface area contributed by atoms with E-state index in [0.29, 0.717) is 12.8 Å². The summed E-state index contributed by atoms with van der Waals surface area (Å²) in [4.78, 5) is 4.39. The molecule has 1 aromatic heterocycles. The van der Waals surface area contributed by atoms with Gasteiger partial charge >= 0.3 is 6.18 Å². The van der Waals surface area contributed by atoms with Crippen molar-refractivity contribution < 1.29 is 13.2 Å². The van der Waals surface area contributed by atoms with Crippen LogP contribution in [0.25, 0.3) is 0 Å². The summed E-state index contributed by atoms with van der Waals surface area (Å²) in [6.45, 7) is 2.94. The van der Waals surface area contributed by atoms with Crippen LogP contribution < -0.4 is 5.32 Å². The Balaban J connectivity index is 2.04. The highest BCUT2D eigenvalue weighted by molar-refractivity contribution is 5.02. The van der Waals surface area contributed by atoms with E-state index < -0.39 is 12.1 Å². The summed E-state index contributed by atoms with van der Waals surface area (Å²) >= 11 is 0. The number of halogens is 3. The van der Waals surface area contributed by atoms with Gasteiger partial charge in [-0.25, -0.2) is 4.98 Å². The zero-order valence-electron chi connectivity index (χ0n) is 12.7. The van der Waals surface area contributed by atoms with E-state index in [1.807, 2.05) is 17.8 Å². The molecule has 1 aliphatic rings. The maximum Gasteiger partial charge on any atom is 0.391 e. The van der Waals surface area contributed by atoms with E-state index in [9.17, 15) is 13.2 Å². The first-order chi connectivity index (χ1) is 9.93. The number of nitrogens with zero attached hydrogens (tertiary/aromatic N) is 2. The minimum absolute atomic E-state index is 0.0548. The summed E-state index contributed by atoms with van der Waals surface area (Å²) < 4.78 is 40.3. The lowest BCUT2D eigenvalue weighted by molar-refractivity contribution is -0.184. The maximum absolute atomic E-state index is 12.8. The average Bonchev–Trinajstić information content (AvgIpc) is 2.85. The highest BCUT2D eigenvalue weighted by Crippen LogP contribution is 2.42. The van der Waals surface area contributed by atoms with Crippen LogP contribution in [-0.2, 0) is 7.05 Å². The summed E-state index contributed by atoms with van der Waals surface area (Å²) in [7, 11) is 1.93. The topological polar surface area (TPSA) is 29.9 Å². The van der Waals surface area contributed by atoms with Crippen LogP contribution in [0.4, 0.5) is 13.2 Å². The Kier molecular flexibility index (Phi) is 5.30. The fourth-order valence-corrected chi connectivity index (χ4v) is 3.23. The first kappa shape index (κ1) is 16.3. The number of aromatic nitrogens is 2. The molecule has 3 nitrogen and oxygen atoms in total. The van der Waals surface area contributed by atoms with E-state index in [-0.39, 0.29) is 24.8 Å². The van der Waals surface area contributed by atoms with Gasteiger partial charge in [0.25, 0.3) is 0 Å². The summed E-state index contributed by atoms with van der Waals surface area (Å²) in [6.07, 6.45) is 2.29. The Bertz CT molecular complexity index is 434. The van der Waals surface area contributed by atoms with Gasteiger partial charge in [-0.1, -0.05) is 6.92 Å². The molecule has 1 N–H and O–H groups in total. The maximum atomic E-state index is 12.8. The lowest BCUT2D eigenvalue weighted by Gasteiger charge is -2.34. The van der Waals surface area contributed by atoms with Gasteiger partial charge in [0.2, 0.25) is 0 Å². The standard InChI is InChI=1S/C15H24F3N3/c1-3-8-19-13(14-20-9-10-21(14)2)11-4-6-12(7-5-11)15(16,17)18/h9-13,19H,3-8H2,1-2H3. The molecule has 1 saturated carbocycles. The highest BCUT2D eigenvalue weighted by atomic mass is 19.4. The molecule has 0 spiro atoms. The second-order valence-corrected chi connectivity index (χ2v) is 5.98. The molecule has 1 unspecified atom stereocenters. The predicted molar refractivity (Wildman–Crippen MR) is 75.7 cm³/mol. The smallest absolute Gasteiger partial charge is 0.337 e. The summed E-state index contributed by atoms with van der Waals surface area (Å²) in [5, 5.41) is 3.47. The molecule has 1 atom stereocenters. The molecule has 120 valence electrons. The van der Waals surface area contributed by atoms with Gasteiger partial charge in [0.15, 0.2) is 0 Å². The van der Waals surface area contributed by atoms with Crippen molar-refractivity contribution in [2.45, 2.75) is 51.2 Å². The van der Waals surface area contributed by atoms with E-state index >= 15 is 0 Å². The number of imidazole rings is 1. The molecule has 1 aliphatic carbocycles. The van der Waals surface area contributed by atoms with Crippen LogP contribution in [0.2, 0.25) is 0 Å². The average molecular weight is 303 g/mol. The number of alkyl halides is 3. The van der Waals surface area contributed by atoms with Crippen molar-refractivity contribution in [3.05, 3.63) is 18.2 Å². The third kappa shape index (κ3) is 3.99. The normalized spacial score (nSPS) is 25.0. The van der Waals surface area contributed by atoms with Crippen molar-refractivity contribution in [2.75, 3.05) is 6.54 Å². The molecule has 2 rings (SSSR count). The van der Waals surface area contributed by atoms with Gasteiger partial charge in [-0.3, -0.25) is 0 Å². The van der Waals surface area contributed by atoms with E-state index in [1.54, 1.807) is 6.20 Å². The van der Waals surface area contributed by atoms with Gasteiger partial charge < -0.3 is 9.88 Å². The molecule has 1 heterocycles. The van der Waals surface area contributed by atoms with Crippen LogP contribution in [0.5, 0.6) is 0 Å². The summed E-state index contributed by atoms with van der Waals surface area (Å²) in [5.41, 5.74) is 0. The van der Waals surface area contributed by atoms with Gasteiger partial charge in [-0.2, -0.15) is 13.2 Å². The van der Waals surface area contributed by atoms with Crippen LogP contribution in [0.3, 0.4) is 0 Å². The number of rotatable bonds is 5. The SMILES string of the molecule is CCCNC(c1nccn1C)C1CCC(C(F)(F)F)CC1. The Morgan fingerprint density at radius 2 is 2.00 bits per heavy atom. The Morgan fingerprint density at radius 1 is 1.33 bits per heavy atom. The van der Waals surface area contributed by atoms with Gasteiger partial charge in [0.1, 0.15) is 5.82 Å². The molecule has 0 bridgehead atoms. The Labute approximate surface area is 123 Å². The second kappa shape index (κ2) is 6.81. The van der Waals surface area contributed by atoms with E-state index in [4.69, 9.17) is 0 Å². The van der Waals surface area contributed by atoms with E-state index in [0.717, 1.165) is 18.8 Å². The van der Waals surface area contributed by atoms with Gasteiger partial charge in [0, 0.05) is 19.4 Å². The zero-order chi connectivity index (χ0) is 15.5. The van der Waals surface area contributed by atoms with Crippen LogP contribution in [0, 0.1) is 11.8 Å². The molecule has 21 heavy (non-hydrogen) atoms. The van der Waals surface area contributed by atoms with Crippen LogP contribution in [-0.4, -0.2) is 22.3 Å². The molecular weight excluding hydrogens is 279 g/mol. The fourth-order valence-electron chi connectivity index (χ4n) is 3.23.